The molecule has 0 atom stereocenters. The van der Waals surface area contributed by atoms with Gasteiger partial charge in [0, 0.05) is 0 Å². The van der Waals surface area contributed by atoms with Crippen molar-refractivity contribution in [1.82, 2.24) is 0 Å². The van der Waals surface area contributed by atoms with Gasteiger partial charge in [0.1, 0.15) is 0 Å². The van der Waals surface area contributed by atoms with Crippen LogP contribution in [0.1, 0.15) is 13.3 Å². The lowest BCUT2D eigenvalue weighted by Crippen LogP contribution is -1.65. The maximum Gasteiger partial charge on any atom is -0.0238 e. The summed E-state index contributed by atoms with van der Waals surface area (Å²) in [5.74, 6) is 0. The third-order valence-corrected chi connectivity index (χ3v) is 1.01. The molecule has 0 aliphatic rings. The molecule has 0 N–H and O–H groups in total. The molecule has 0 aliphatic carbocycles. The van der Waals surface area contributed by atoms with Gasteiger partial charge in [0.05, 0.1) is 0 Å². The number of allylic oxidation sites excluding steroid dienone is 6. The fourth-order valence-electron chi connectivity index (χ4n) is 0.516. The van der Waals surface area contributed by atoms with E-state index in [1.807, 2.05) is 18.2 Å². The first-order chi connectivity index (χ1) is 4.81. The molecule has 0 saturated heterocycles. The highest BCUT2D eigenvalue weighted by Crippen LogP contribution is 1.95. The molecule has 0 aromatic carbocycles. The van der Waals surface area contributed by atoms with Gasteiger partial charge in [-0.2, -0.15) is 0 Å². The summed E-state index contributed by atoms with van der Waals surface area (Å²) in [4.78, 5) is 0. The summed E-state index contributed by atoms with van der Waals surface area (Å²) in [6.45, 7) is 9.47. The molecule has 2 radical (unpaired) electrons. The predicted octanol–water partition coefficient (Wildman–Crippen LogP) is 3.10. The second kappa shape index (κ2) is 6.34. The normalized spacial score (nSPS) is 13.7. The molecule has 0 saturated carbocycles. The van der Waals surface area contributed by atoms with Crippen LogP contribution < -0.4 is 0 Å². The van der Waals surface area contributed by atoms with Crippen molar-refractivity contribution < 1.29 is 0 Å². The van der Waals surface area contributed by atoms with Crippen molar-refractivity contribution in [3.8, 4) is 0 Å². The lowest BCUT2D eigenvalue weighted by molar-refractivity contribution is 1.22. The number of hydrogen-bond acceptors (Lipinski definition) is 0. The molecule has 0 nitrogen and oxygen atoms in total. The summed E-state index contributed by atoms with van der Waals surface area (Å²) in [6, 6.07) is 0. The minimum absolute atomic E-state index is 1.02. The molecular weight excluding hydrogens is 120 g/mol. The van der Waals surface area contributed by atoms with Crippen LogP contribution in [0.25, 0.3) is 0 Å². The lowest BCUT2D eigenvalue weighted by Gasteiger charge is -1.85. The molecule has 0 heteroatoms. The standard InChI is InChI=1S/C10H14/c1-4-6-8-10(3)9-7-5-2/h4,6-9H,1,3,5H2,2H3/b6-4-,9-7+,10-8+. The molecule has 10 heavy (non-hydrogen) atoms. The van der Waals surface area contributed by atoms with Gasteiger partial charge in [0.2, 0.25) is 0 Å². The molecular formula is C10H14. The van der Waals surface area contributed by atoms with E-state index in [4.69, 9.17) is 0 Å². The van der Waals surface area contributed by atoms with E-state index < -0.39 is 0 Å². The molecule has 0 heterocycles. The van der Waals surface area contributed by atoms with Gasteiger partial charge >= 0.3 is 0 Å². The smallest absolute Gasteiger partial charge is 0.0238 e. The average Bonchev–Trinajstić information content (AvgIpc) is 1.97. The van der Waals surface area contributed by atoms with E-state index in [0.717, 1.165) is 12.0 Å². The van der Waals surface area contributed by atoms with E-state index in [9.17, 15) is 0 Å². The Morgan fingerprint density at radius 3 is 2.70 bits per heavy atom. The molecule has 0 bridgehead atoms. The largest absolute Gasteiger partial charge is 0.0845 e. The molecule has 0 rings (SSSR count). The average molecular weight is 134 g/mol. The summed E-state index contributed by atoms with van der Waals surface area (Å²) in [5.41, 5.74) is 1.02. The van der Waals surface area contributed by atoms with E-state index in [1.54, 1.807) is 6.08 Å². The van der Waals surface area contributed by atoms with Gasteiger partial charge in [-0.25, -0.2) is 0 Å². The summed E-state index contributed by atoms with van der Waals surface area (Å²) in [6.07, 6.45) is 10.7. The Balaban J connectivity index is 3.81. The molecule has 0 fully saturated rings. The zero-order valence-corrected chi connectivity index (χ0v) is 6.51. The first-order valence-electron chi connectivity index (χ1n) is 3.45. The van der Waals surface area contributed by atoms with Crippen LogP contribution in [0, 0.1) is 13.8 Å². The summed E-state index contributed by atoms with van der Waals surface area (Å²) < 4.78 is 0. The second-order valence-corrected chi connectivity index (χ2v) is 1.98. The Bertz CT molecular complexity index is 147. The van der Waals surface area contributed by atoms with Crippen LogP contribution in [-0.4, -0.2) is 0 Å². The van der Waals surface area contributed by atoms with Crippen molar-refractivity contribution in [3.05, 3.63) is 49.8 Å². The van der Waals surface area contributed by atoms with Crippen LogP contribution in [0.2, 0.25) is 0 Å². The third kappa shape index (κ3) is 5.36. The van der Waals surface area contributed by atoms with Gasteiger partial charge in [-0.15, -0.1) is 0 Å². The van der Waals surface area contributed by atoms with Crippen molar-refractivity contribution in [2.45, 2.75) is 13.3 Å². The van der Waals surface area contributed by atoms with Crippen LogP contribution >= 0.6 is 0 Å². The zero-order chi connectivity index (χ0) is 7.82. The fraction of sp³-hybridized carbons (Fsp3) is 0.200. The molecule has 0 spiro atoms. The minimum Gasteiger partial charge on any atom is -0.0845 e. The summed E-state index contributed by atoms with van der Waals surface area (Å²) >= 11 is 0. The Labute approximate surface area is 64.0 Å². The molecule has 0 aromatic rings. The van der Waals surface area contributed by atoms with Crippen molar-refractivity contribution >= 4 is 0 Å². The van der Waals surface area contributed by atoms with Crippen molar-refractivity contribution in [2.24, 2.45) is 0 Å². The zero-order valence-electron chi connectivity index (χ0n) is 6.51. The highest BCUT2D eigenvalue weighted by Gasteiger charge is 1.75. The Morgan fingerprint density at radius 2 is 2.20 bits per heavy atom. The fourth-order valence-corrected chi connectivity index (χ4v) is 0.516. The topological polar surface area (TPSA) is 0 Å². The van der Waals surface area contributed by atoms with E-state index in [2.05, 4.69) is 26.8 Å². The van der Waals surface area contributed by atoms with Crippen molar-refractivity contribution in [3.63, 3.8) is 0 Å². The maximum absolute atomic E-state index is 3.81. The third-order valence-electron chi connectivity index (χ3n) is 1.01. The highest BCUT2D eigenvalue weighted by atomic mass is 13.8. The Hall–Kier alpha value is -0.780. The van der Waals surface area contributed by atoms with E-state index in [0.29, 0.717) is 0 Å². The maximum atomic E-state index is 3.81. The summed E-state index contributed by atoms with van der Waals surface area (Å²) in [5, 5.41) is 0. The van der Waals surface area contributed by atoms with Gasteiger partial charge in [0.25, 0.3) is 0 Å². The quantitative estimate of drug-likeness (QED) is 0.520. The lowest BCUT2D eigenvalue weighted by atomic mass is 10.2. The molecule has 54 valence electrons. The molecule has 0 unspecified atom stereocenters. The van der Waals surface area contributed by atoms with Crippen molar-refractivity contribution in [2.75, 3.05) is 0 Å². The van der Waals surface area contributed by atoms with Crippen LogP contribution in [0.3, 0.4) is 0 Å². The van der Waals surface area contributed by atoms with Crippen LogP contribution in [0.5, 0.6) is 0 Å². The predicted molar refractivity (Wildman–Crippen MR) is 47.4 cm³/mol. The van der Waals surface area contributed by atoms with Crippen LogP contribution in [0.15, 0.2) is 36.0 Å². The van der Waals surface area contributed by atoms with E-state index >= 15 is 0 Å². The van der Waals surface area contributed by atoms with Crippen LogP contribution in [-0.2, 0) is 0 Å². The first-order valence-corrected chi connectivity index (χ1v) is 3.45. The summed E-state index contributed by atoms with van der Waals surface area (Å²) in [7, 11) is 0. The first kappa shape index (κ1) is 9.22. The molecule has 0 amide bonds. The van der Waals surface area contributed by atoms with Gasteiger partial charge in [-0.3, -0.25) is 0 Å². The van der Waals surface area contributed by atoms with Gasteiger partial charge in [-0.1, -0.05) is 37.3 Å². The minimum atomic E-state index is 1.02. The van der Waals surface area contributed by atoms with Gasteiger partial charge in [0.15, 0.2) is 0 Å². The number of rotatable bonds is 3. The monoisotopic (exact) mass is 134 g/mol. The number of hydrogen-bond donors (Lipinski definition) is 0. The van der Waals surface area contributed by atoms with Gasteiger partial charge in [-0.05, 0) is 25.8 Å². The van der Waals surface area contributed by atoms with Gasteiger partial charge < -0.3 is 0 Å². The highest BCUT2D eigenvalue weighted by molar-refractivity contribution is 5.26. The van der Waals surface area contributed by atoms with Crippen LogP contribution in [0.4, 0.5) is 0 Å². The van der Waals surface area contributed by atoms with E-state index in [-0.39, 0.29) is 0 Å². The second-order valence-electron chi connectivity index (χ2n) is 1.98. The Kier molecular flexibility index (Phi) is 5.85. The van der Waals surface area contributed by atoms with Crippen molar-refractivity contribution in [1.29, 1.82) is 0 Å². The molecule has 0 aromatic heterocycles. The SMILES string of the molecule is [CH2]\C=C/C=C([CH2])/C=C/CC. The van der Waals surface area contributed by atoms with E-state index in [1.165, 1.54) is 0 Å². The molecule has 0 aliphatic heterocycles. The Morgan fingerprint density at radius 1 is 1.50 bits per heavy atom.